The summed E-state index contributed by atoms with van der Waals surface area (Å²) in [6.45, 7) is 1.92. The second kappa shape index (κ2) is 8.42. The second-order valence-corrected chi connectivity index (χ2v) is 7.21. The van der Waals surface area contributed by atoms with Crippen LogP contribution in [-0.4, -0.2) is 29.2 Å². The van der Waals surface area contributed by atoms with Crippen molar-refractivity contribution in [3.8, 4) is 5.75 Å². The molecule has 0 aliphatic heterocycles. The number of benzene rings is 2. The quantitative estimate of drug-likeness (QED) is 0.779. The molecule has 0 fully saturated rings. The van der Waals surface area contributed by atoms with Gasteiger partial charge in [0.1, 0.15) is 16.5 Å². The monoisotopic (exact) mass is 367 g/mol. The van der Waals surface area contributed by atoms with Crippen LogP contribution in [0, 0.1) is 5.82 Å². The first kappa shape index (κ1) is 19.4. The molecule has 0 bridgehead atoms. The normalized spacial score (nSPS) is 12.8. The van der Waals surface area contributed by atoms with Crippen LogP contribution in [0.25, 0.3) is 0 Å². The number of halogens is 1. The highest BCUT2D eigenvalue weighted by Gasteiger charge is 2.22. The van der Waals surface area contributed by atoms with Gasteiger partial charge in [-0.1, -0.05) is 25.1 Å². The summed E-state index contributed by atoms with van der Waals surface area (Å²) in [6.07, 6.45) is 0.0991. The number of rotatable bonds is 8. The molecule has 0 aromatic heterocycles. The first-order valence-electron chi connectivity index (χ1n) is 7.86. The smallest absolute Gasteiger partial charge is 0.244 e. The highest BCUT2D eigenvalue weighted by molar-refractivity contribution is 7.89. The van der Waals surface area contributed by atoms with Gasteiger partial charge in [0.25, 0.3) is 0 Å². The molecule has 0 heterocycles. The van der Waals surface area contributed by atoms with Gasteiger partial charge < -0.3 is 9.47 Å². The number of nitrogens with one attached hydrogen (secondary N) is 1. The van der Waals surface area contributed by atoms with Gasteiger partial charge >= 0.3 is 0 Å². The van der Waals surface area contributed by atoms with Gasteiger partial charge in [-0.15, -0.1) is 0 Å². The molecule has 0 radical (unpaired) electrons. The Bertz CT molecular complexity index is 824. The number of hydrogen-bond donors (Lipinski definition) is 1. The average Bonchev–Trinajstić information content (AvgIpc) is 2.61. The van der Waals surface area contributed by atoms with Crippen molar-refractivity contribution < 1.29 is 22.3 Å². The molecule has 1 N–H and O–H groups in total. The summed E-state index contributed by atoms with van der Waals surface area (Å²) >= 11 is 0. The van der Waals surface area contributed by atoms with Crippen molar-refractivity contribution in [2.75, 3.05) is 20.8 Å². The van der Waals surface area contributed by atoms with Gasteiger partial charge in [-0.25, -0.2) is 17.5 Å². The van der Waals surface area contributed by atoms with E-state index in [1.807, 2.05) is 13.0 Å². The predicted octanol–water partition coefficient (Wildman–Crippen LogP) is 3.06. The molecule has 2 aromatic rings. The van der Waals surface area contributed by atoms with Crippen LogP contribution in [0.2, 0.25) is 0 Å². The lowest BCUT2D eigenvalue weighted by molar-refractivity contribution is 0.107. The maximum Gasteiger partial charge on any atom is 0.244 e. The van der Waals surface area contributed by atoms with Crippen molar-refractivity contribution in [2.45, 2.75) is 24.3 Å². The molecule has 2 aromatic carbocycles. The Kier molecular flexibility index (Phi) is 6.52. The first-order valence-corrected chi connectivity index (χ1v) is 9.34. The SMILES string of the molecule is CCc1ccc(OC)c(S(=O)(=O)NCC(OC)c2cccc(F)c2)c1. The Labute approximate surface area is 147 Å². The first-order chi connectivity index (χ1) is 11.9. The van der Waals surface area contributed by atoms with Crippen LogP contribution < -0.4 is 9.46 Å². The van der Waals surface area contributed by atoms with Crippen LogP contribution in [0.3, 0.4) is 0 Å². The highest BCUT2D eigenvalue weighted by Crippen LogP contribution is 2.26. The molecule has 136 valence electrons. The van der Waals surface area contributed by atoms with Crippen LogP contribution in [0.15, 0.2) is 47.4 Å². The third-order valence-corrected chi connectivity index (χ3v) is 5.33. The van der Waals surface area contributed by atoms with Crippen LogP contribution in [0.1, 0.15) is 24.2 Å². The van der Waals surface area contributed by atoms with Crippen LogP contribution >= 0.6 is 0 Å². The van der Waals surface area contributed by atoms with E-state index in [9.17, 15) is 12.8 Å². The summed E-state index contributed by atoms with van der Waals surface area (Å²) in [5.41, 5.74) is 1.44. The minimum Gasteiger partial charge on any atom is -0.495 e. The van der Waals surface area contributed by atoms with E-state index in [4.69, 9.17) is 9.47 Å². The Balaban J connectivity index is 2.23. The fourth-order valence-corrected chi connectivity index (χ4v) is 3.71. The fraction of sp³-hybridized carbons (Fsp3) is 0.333. The molecule has 1 unspecified atom stereocenters. The van der Waals surface area contributed by atoms with Gasteiger partial charge in [-0.3, -0.25) is 0 Å². The van der Waals surface area contributed by atoms with E-state index < -0.39 is 21.9 Å². The zero-order valence-corrected chi connectivity index (χ0v) is 15.3. The standard InChI is InChI=1S/C18H22FNO4S/c1-4-13-8-9-16(23-2)18(10-13)25(21,22)20-12-17(24-3)14-6-5-7-15(19)11-14/h5-11,17,20H,4,12H2,1-3H3. The summed E-state index contributed by atoms with van der Waals surface area (Å²) in [4.78, 5) is 0.0726. The Hall–Kier alpha value is -1.96. The largest absolute Gasteiger partial charge is 0.495 e. The molecular formula is C18H22FNO4S. The van der Waals surface area contributed by atoms with Crippen molar-refractivity contribution in [2.24, 2.45) is 0 Å². The Morgan fingerprint density at radius 3 is 2.52 bits per heavy atom. The number of methoxy groups -OCH3 is 2. The fourth-order valence-electron chi connectivity index (χ4n) is 2.46. The molecule has 0 aliphatic carbocycles. The van der Waals surface area contributed by atoms with E-state index in [-0.39, 0.29) is 17.2 Å². The molecule has 0 amide bonds. The van der Waals surface area contributed by atoms with Crippen molar-refractivity contribution in [3.05, 3.63) is 59.4 Å². The Morgan fingerprint density at radius 1 is 1.16 bits per heavy atom. The van der Waals surface area contributed by atoms with Crippen molar-refractivity contribution >= 4 is 10.0 Å². The van der Waals surface area contributed by atoms with E-state index in [2.05, 4.69) is 4.72 Å². The number of ether oxygens (including phenoxy) is 2. The highest BCUT2D eigenvalue weighted by atomic mass is 32.2. The van der Waals surface area contributed by atoms with Gasteiger partial charge in [0.05, 0.1) is 13.2 Å². The van der Waals surface area contributed by atoms with E-state index in [0.29, 0.717) is 12.0 Å². The van der Waals surface area contributed by atoms with Crippen molar-refractivity contribution in [1.29, 1.82) is 0 Å². The molecule has 7 heteroatoms. The minimum absolute atomic E-state index is 0.0260. The number of aryl methyl sites for hydroxylation is 1. The van der Waals surface area contributed by atoms with E-state index >= 15 is 0 Å². The molecular weight excluding hydrogens is 345 g/mol. The third kappa shape index (κ3) is 4.78. The molecule has 2 rings (SSSR count). The van der Waals surface area contributed by atoms with Gasteiger partial charge in [-0.05, 0) is 41.8 Å². The number of sulfonamides is 1. The van der Waals surface area contributed by atoms with Gasteiger partial charge in [0.15, 0.2) is 0 Å². The summed E-state index contributed by atoms with van der Waals surface area (Å²) in [5, 5.41) is 0. The predicted molar refractivity (Wildman–Crippen MR) is 93.7 cm³/mol. The molecule has 0 aliphatic rings. The van der Waals surface area contributed by atoms with Gasteiger partial charge in [0, 0.05) is 13.7 Å². The van der Waals surface area contributed by atoms with Gasteiger partial charge in [0.2, 0.25) is 10.0 Å². The van der Waals surface area contributed by atoms with Crippen LogP contribution in [0.4, 0.5) is 4.39 Å². The van der Waals surface area contributed by atoms with Crippen LogP contribution in [0.5, 0.6) is 5.75 Å². The number of hydrogen-bond acceptors (Lipinski definition) is 4. The molecule has 25 heavy (non-hydrogen) atoms. The maximum absolute atomic E-state index is 13.4. The molecule has 0 saturated carbocycles. The van der Waals surface area contributed by atoms with Crippen molar-refractivity contribution in [3.63, 3.8) is 0 Å². The lowest BCUT2D eigenvalue weighted by Crippen LogP contribution is -2.29. The van der Waals surface area contributed by atoms with E-state index in [1.54, 1.807) is 24.3 Å². The lowest BCUT2D eigenvalue weighted by Gasteiger charge is -2.18. The summed E-state index contributed by atoms with van der Waals surface area (Å²) in [7, 11) is -0.940. The van der Waals surface area contributed by atoms with E-state index in [0.717, 1.165) is 5.56 Å². The molecule has 5 nitrogen and oxygen atoms in total. The maximum atomic E-state index is 13.4. The minimum atomic E-state index is -3.81. The molecule has 0 saturated heterocycles. The second-order valence-electron chi connectivity index (χ2n) is 5.47. The lowest BCUT2D eigenvalue weighted by atomic mass is 10.1. The van der Waals surface area contributed by atoms with Crippen LogP contribution in [-0.2, 0) is 21.2 Å². The summed E-state index contributed by atoms with van der Waals surface area (Å²) < 4.78 is 51.7. The molecule has 1 atom stereocenters. The summed E-state index contributed by atoms with van der Waals surface area (Å²) in [5.74, 6) is -0.135. The van der Waals surface area contributed by atoms with Gasteiger partial charge in [-0.2, -0.15) is 0 Å². The molecule has 0 spiro atoms. The van der Waals surface area contributed by atoms with Crippen molar-refractivity contribution in [1.82, 2.24) is 4.72 Å². The average molecular weight is 367 g/mol. The van der Waals surface area contributed by atoms with E-state index in [1.165, 1.54) is 26.4 Å². The third-order valence-electron chi connectivity index (χ3n) is 3.89. The summed E-state index contributed by atoms with van der Waals surface area (Å²) in [6, 6.07) is 10.9. The zero-order valence-electron chi connectivity index (χ0n) is 14.5. The zero-order chi connectivity index (χ0) is 18.4. The topological polar surface area (TPSA) is 64.6 Å². The Morgan fingerprint density at radius 2 is 1.92 bits per heavy atom.